The van der Waals surface area contributed by atoms with Gasteiger partial charge in [0.25, 0.3) is 0 Å². The fraction of sp³-hybridized carbons (Fsp3) is 0.0714. The van der Waals surface area contributed by atoms with E-state index in [2.05, 4.69) is 62.1 Å². The molecule has 96 valence electrons. The zero-order chi connectivity index (χ0) is 13.1. The monoisotopic (exact) mass is 333 g/mol. The van der Waals surface area contributed by atoms with Crippen molar-refractivity contribution in [3.8, 4) is 5.69 Å². The van der Waals surface area contributed by atoms with Crippen molar-refractivity contribution in [3.05, 3.63) is 63.5 Å². The standard InChI is InChI=1S/C14H12BrN3S/c15-14-8-11(10-19-14)9-16-12-2-4-13(5-3-12)18-7-1-6-17-18/h1-8,10,16H,9H2. The van der Waals surface area contributed by atoms with Crippen LogP contribution in [0, 0.1) is 0 Å². The highest BCUT2D eigenvalue weighted by Crippen LogP contribution is 2.21. The van der Waals surface area contributed by atoms with Gasteiger partial charge < -0.3 is 5.32 Å². The molecule has 19 heavy (non-hydrogen) atoms. The molecular weight excluding hydrogens is 322 g/mol. The zero-order valence-corrected chi connectivity index (χ0v) is 12.5. The third kappa shape index (κ3) is 3.05. The quantitative estimate of drug-likeness (QED) is 0.771. The number of thiophene rings is 1. The van der Waals surface area contributed by atoms with E-state index >= 15 is 0 Å². The molecule has 0 aliphatic heterocycles. The summed E-state index contributed by atoms with van der Waals surface area (Å²) in [6, 6.07) is 12.3. The number of halogens is 1. The zero-order valence-electron chi connectivity index (χ0n) is 10.1. The van der Waals surface area contributed by atoms with Crippen molar-refractivity contribution in [3.63, 3.8) is 0 Å². The van der Waals surface area contributed by atoms with E-state index in [1.807, 2.05) is 16.9 Å². The van der Waals surface area contributed by atoms with Crippen molar-refractivity contribution in [2.24, 2.45) is 0 Å². The first-order valence-corrected chi connectivity index (χ1v) is 7.55. The van der Waals surface area contributed by atoms with Crippen molar-refractivity contribution in [1.29, 1.82) is 0 Å². The van der Waals surface area contributed by atoms with E-state index in [-0.39, 0.29) is 0 Å². The number of nitrogens with one attached hydrogen (secondary N) is 1. The molecule has 0 bridgehead atoms. The van der Waals surface area contributed by atoms with Crippen LogP contribution in [-0.4, -0.2) is 9.78 Å². The smallest absolute Gasteiger partial charge is 0.0701 e. The molecule has 0 spiro atoms. The van der Waals surface area contributed by atoms with Crippen LogP contribution in [0.1, 0.15) is 5.56 Å². The minimum absolute atomic E-state index is 0.837. The molecule has 0 radical (unpaired) electrons. The molecule has 1 N–H and O–H groups in total. The molecule has 2 aromatic heterocycles. The fourth-order valence-corrected chi connectivity index (χ4v) is 3.01. The largest absolute Gasteiger partial charge is 0.381 e. The summed E-state index contributed by atoms with van der Waals surface area (Å²) < 4.78 is 3.01. The maximum atomic E-state index is 4.20. The number of hydrogen-bond donors (Lipinski definition) is 1. The Morgan fingerprint density at radius 2 is 2.11 bits per heavy atom. The maximum Gasteiger partial charge on any atom is 0.0701 e. The Hall–Kier alpha value is -1.59. The molecule has 3 rings (SSSR count). The van der Waals surface area contributed by atoms with Gasteiger partial charge in [-0.1, -0.05) is 0 Å². The van der Waals surface area contributed by atoms with Gasteiger partial charge in [0, 0.05) is 24.6 Å². The molecule has 2 heterocycles. The number of anilines is 1. The molecule has 3 aromatic rings. The number of aromatic nitrogens is 2. The van der Waals surface area contributed by atoms with Gasteiger partial charge in [-0.3, -0.25) is 0 Å². The van der Waals surface area contributed by atoms with E-state index < -0.39 is 0 Å². The number of benzene rings is 1. The molecule has 0 aliphatic carbocycles. The van der Waals surface area contributed by atoms with Gasteiger partial charge in [0.1, 0.15) is 0 Å². The second kappa shape index (κ2) is 5.59. The summed E-state index contributed by atoms with van der Waals surface area (Å²) in [5.74, 6) is 0. The molecule has 5 heteroatoms. The summed E-state index contributed by atoms with van der Waals surface area (Å²) in [6.07, 6.45) is 3.71. The fourth-order valence-electron chi connectivity index (χ4n) is 1.80. The topological polar surface area (TPSA) is 29.9 Å². The highest BCUT2D eigenvalue weighted by Gasteiger charge is 1.99. The first-order chi connectivity index (χ1) is 9.31. The normalized spacial score (nSPS) is 10.6. The minimum atomic E-state index is 0.837. The van der Waals surface area contributed by atoms with Gasteiger partial charge in [-0.15, -0.1) is 11.3 Å². The molecule has 1 aromatic carbocycles. The van der Waals surface area contributed by atoms with E-state index in [0.717, 1.165) is 17.9 Å². The van der Waals surface area contributed by atoms with Crippen LogP contribution in [0.4, 0.5) is 5.69 Å². The van der Waals surface area contributed by atoms with Crippen LogP contribution in [0.15, 0.2) is 58.0 Å². The lowest BCUT2D eigenvalue weighted by Crippen LogP contribution is -1.99. The molecule has 0 aliphatic rings. The Balaban J connectivity index is 1.66. The predicted octanol–water partition coefficient (Wildman–Crippen LogP) is 4.31. The van der Waals surface area contributed by atoms with Crippen molar-refractivity contribution in [2.75, 3.05) is 5.32 Å². The molecule has 0 atom stereocenters. The first kappa shape index (κ1) is 12.4. The minimum Gasteiger partial charge on any atom is -0.381 e. The summed E-state index contributed by atoms with van der Waals surface area (Å²) >= 11 is 5.18. The van der Waals surface area contributed by atoms with Crippen LogP contribution in [-0.2, 0) is 6.54 Å². The molecular formula is C14H12BrN3S. The molecule has 0 amide bonds. The Kier molecular flexibility index (Phi) is 3.66. The summed E-state index contributed by atoms with van der Waals surface area (Å²) in [5.41, 5.74) is 3.46. The van der Waals surface area contributed by atoms with E-state index in [9.17, 15) is 0 Å². The van der Waals surface area contributed by atoms with Crippen LogP contribution >= 0.6 is 27.3 Å². The molecule has 0 saturated carbocycles. The van der Waals surface area contributed by atoms with Gasteiger partial charge in [-0.25, -0.2) is 4.68 Å². The summed E-state index contributed by atoms with van der Waals surface area (Å²) in [5, 5.41) is 9.76. The number of hydrogen-bond acceptors (Lipinski definition) is 3. The molecule has 0 fully saturated rings. The third-order valence-corrected chi connectivity index (χ3v) is 4.31. The van der Waals surface area contributed by atoms with Gasteiger partial charge in [-0.05, 0) is 63.3 Å². The lowest BCUT2D eigenvalue weighted by molar-refractivity contribution is 0.880. The van der Waals surface area contributed by atoms with Crippen LogP contribution < -0.4 is 5.32 Å². The summed E-state index contributed by atoms with van der Waals surface area (Å²) in [7, 11) is 0. The van der Waals surface area contributed by atoms with Crippen LogP contribution in [0.2, 0.25) is 0 Å². The summed E-state index contributed by atoms with van der Waals surface area (Å²) in [4.78, 5) is 0. The summed E-state index contributed by atoms with van der Waals surface area (Å²) in [6.45, 7) is 0.837. The highest BCUT2D eigenvalue weighted by atomic mass is 79.9. The van der Waals surface area contributed by atoms with Crippen LogP contribution in [0.3, 0.4) is 0 Å². The van der Waals surface area contributed by atoms with Gasteiger partial charge in [0.2, 0.25) is 0 Å². The van der Waals surface area contributed by atoms with E-state index in [0.29, 0.717) is 0 Å². The van der Waals surface area contributed by atoms with Crippen molar-refractivity contribution < 1.29 is 0 Å². The molecule has 0 saturated heterocycles. The van der Waals surface area contributed by atoms with Crippen LogP contribution in [0.25, 0.3) is 5.69 Å². The predicted molar refractivity (Wildman–Crippen MR) is 82.9 cm³/mol. The van der Waals surface area contributed by atoms with E-state index in [1.165, 1.54) is 9.35 Å². The van der Waals surface area contributed by atoms with Gasteiger partial charge >= 0.3 is 0 Å². The van der Waals surface area contributed by atoms with Gasteiger partial charge in [0.05, 0.1) is 9.47 Å². The average Bonchev–Trinajstić information content (AvgIpc) is 3.08. The second-order valence-electron chi connectivity index (χ2n) is 4.11. The number of nitrogens with zero attached hydrogens (tertiary/aromatic N) is 2. The van der Waals surface area contributed by atoms with Gasteiger partial charge in [-0.2, -0.15) is 5.10 Å². The van der Waals surface area contributed by atoms with E-state index in [1.54, 1.807) is 17.5 Å². The first-order valence-electron chi connectivity index (χ1n) is 5.88. The van der Waals surface area contributed by atoms with Crippen molar-refractivity contribution in [2.45, 2.75) is 6.54 Å². The SMILES string of the molecule is Brc1cc(CNc2ccc(-n3cccn3)cc2)cs1. The van der Waals surface area contributed by atoms with E-state index in [4.69, 9.17) is 0 Å². The van der Waals surface area contributed by atoms with Crippen molar-refractivity contribution >= 4 is 33.0 Å². The Labute approximate surface area is 124 Å². The van der Waals surface area contributed by atoms with Crippen molar-refractivity contribution in [1.82, 2.24) is 9.78 Å². The molecule has 0 unspecified atom stereocenters. The number of rotatable bonds is 4. The Morgan fingerprint density at radius 1 is 1.26 bits per heavy atom. The lowest BCUT2D eigenvalue weighted by atomic mass is 10.2. The Morgan fingerprint density at radius 3 is 2.74 bits per heavy atom. The van der Waals surface area contributed by atoms with Crippen LogP contribution in [0.5, 0.6) is 0 Å². The molecule has 3 nitrogen and oxygen atoms in total. The highest BCUT2D eigenvalue weighted by molar-refractivity contribution is 9.11. The van der Waals surface area contributed by atoms with Gasteiger partial charge in [0.15, 0.2) is 0 Å². The Bertz CT molecular complexity index is 644. The average molecular weight is 334 g/mol. The third-order valence-electron chi connectivity index (χ3n) is 2.75. The lowest BCUT2D eigenvalue weighted by Gasteiger charge is -2.06. The maximum absolute atomic E-state index is 4.20. The second-order valence-corrected chi connectivity index (χ2v) is 6.40.